The molecule has 3 N–H and O–H groups in total. The predicted molar refractivity (Wildman–Crippen MR) is 72.4 cm³/mol. The fourth-order valence-electron chi connectivity index (χ4n) is 1.63. The maximum absolute atomic E-state index is 11.7. The van der Waals surface area contributed by atoms with Crippen LogP contribution in [0.4, 0.5) is 4.79 Å². The predicted octanol–water partition coefficient (Wildman–Crippen LogP) is 1.69. The third-order valence-corrected chi connectivity index (χ3v) is 2.94. The standard InChI is InChI=1S/C14H19N3O2/c1-3-13(9-18)17-14(19)16-10(2)12-6-4-11(8-15)5-7-12/h4-7,10,13,18H,3,9H2,1-2H3,(H2,16,17,19)/t10-,13+/m1/s1. The number of nitrogens with zero attached hydrogens (tertiary/aromatic N) is 1. The second-order valence-electron chi connectivity index (χ2n) is 4.36. The van der Waals surface area contributed by atoms with Crippen LogP contribution >= 0.6 is 0 Å². The molecular weight excluding hydrogens is 242 g/mol. The summed E-state index contributed by atoms with van der Waals surface area (Å²) in [7, 11) is 0. The molecule has 1 aromatic carbocycles. The van der Waals surface area contributed by atoms with Crippen LogP contribution in [0.5, 0.6) is 0 Å². The third kappa shape index (κ3) is 4.60. The number of carbonyl (C=O) groups is 1. The van der Waals surface area contributed by atoms with Gasteiger partial charge in [0.1, 0.15) is 0 Å². The zero-order valence-electron chi connectivity index (χ0n) is 11.2. The summed E-state index contributed by atoms with van der Waals surface area (Å²) in [6, 6.07) is 8.41. The Bertz CT molecular complexity index is 447. The van der Waals surface area contributed by atoms with E-state index in [1.165, 1.54) is 0 Å². The fourth-order valence-corrected chi connectivity index (χ4v) is 1.63. The summed E-state index contributed by atoms with van der Waals surface area (Å²) in [4.78, 5) is 11.7. The lowest BCUT2D eigenvalue weighted by atomic mass is 10.1. The molecular formula is C14H19N3O2. The Hall–Kier alpha value is -2.06. The molecule has 0 aliphatic carbocycles. The maximum Gasteiger partial charge on any atom is 0.315 e. The first-order valence-electron chi connectivity index (χ1n) is 6.28. The van der Waals surface area contributed by atoms with Gasteiger partial charge in [0.05, 0.1) is 30.3 Å². The average molecular weight is 261 g/mol. The van der Waals surface area contributed by atoms with Gasteiger partial charge in [-0.05, 0) is 31.0 Å². The number of aliphatic hydroxyl groups excluding tert-OH is 1. The van der Waals surface area contributed by atoms with Gasteiger partial charge in [0.25, 0.3) is 0 Å². The molecule has 5 nitrogen and oxygen atoms in total. The Balaban J connectivity index is 2.56. The van der Waals surface area contributed by atoms with Gasteiger partial charge in [0.2, 0.25) is 0 Å². The van der Waals surface area contributed by atoms with Gasteiger partial charge in [-0.2, -0.15) is 5.26 Å². The maximum atomic E-state index is 11.7. The Morgan fingerprint density at radius 1 is 1.37 bits per heavy atom. The first-order chi connectivity index (χ1) is 9.10. The molecule has 0 aromatic heterocycles. The molecule has 102 valence electrons. The normalized spacial score (nSPS) is 13.2. The number of benzene rings is 1. The Morgan fingerprint density at radius 2 is 2.00 bits per heavy atom. The number of hydrogen-bond donors (Lipinski definition) is 3. The van der Waals surface area contributed by atoms with Gasteiger partial charge in [-0.15, -0.1) is 0 Å². The van der Waals surface area contributed by atoms with Crippen molar-refractivity contribution in [3.05, 3.63) is 35.4 Å². The van der Waals surface area contributed by atoms with Crippen LogP contribution in [0.1, 0.15) is 37.4 Å². The largest absolute Gasteiger partial charge is 0.394 e. The molecule has 2 amide bonds. The number of hydrogen-bond acceptors (Lipinski definition) is 3. The zero-order valence-corrected chi connectivity index (χ0v) is 11.2. The summed E-state index contributed by atoms with van der Waals surface area (Å²) >= 11 is 0. The van der Waals surface area contributed by atoms with E-state index in [4.69, 9.17) is 10.4 Å². The Morgan fingerprint density at radius 3 is 2.47 bits per heavy atom. The van der Waals surface area contributed by atoms with Crippen molar-refractivity contribution in [2.75, 3.05) is 6.61 Å². The summed E-state index contributed by atoms with van der Waals surface area (Å²) in [6.07, 6.45) is 0.676. The summed E-state index contributed by atoms with van der Waals surface area (Å²) < 4.78 is 0. The molecule has 0 aliphatic heterocycles. The third-order valence-electron chi connectivity index (χ3n) is 2.94. The molecule has 0 spiro atoms. The first-order valence-corrected chi connectivity index (χ1v) is 6.28. The quantitative estimate of drug-likeness (QED) is 0.754. The van der Waals surface area contributed by atoms with Gasteiger partial charge in [-0.25, -0.2) is 4.79 Å². The van der Waals surface area contributed by atoms with Crippen LogP contribution in [0.25, 0.3) is 0 Å². The van der Waals surface area contributed by atoms with Crippen LogP contribution in [-0.4, -0.2) is 23.8 Å². The molecule has 0 unspecified atom stereocenters. The summed E-state index contributed by atoms with van der Waals surface area (Å²) in [5.74, 6) is 0. The van der Waals surface area contributed by atoms with E-state index in [0.29, 0.717) is 12.0 Å². The second-order valence-corrected chi connectivity index (χ2v) is 4.36. The van der Waals surface area contributed by atoms with Gasteiger partial charge >= 0.3 is 6.03 Å². The fraction of sp³-hybridized carbons (Fsp3) is 0.429. The molecule has 2 atom stereocenters. The van der Waals surface area contributed by atoms with Crippen LogP contribution < -0.4 is 10.6 Å². The molecule has 0 saturated heterocycles. The van der Waals surface area contributed by atoms with Crippen molar-refractivity contribution in [1.29, 1.82) is 5.26 Å². The zero-order chi connectivity index (χ0) is 14.3. The lowest BCUT2D eigenvalue weighted by Crippen LogP contribution is -2.44. The number of aliphatic hydroxyl groups is 1. The van der Waals surface area contributed by atoms with Crippen molar-refractivity contribution in [2.24, 2.45) is 0 Å². The van der Waals surface area contributed by atoms with E-state index in [2.05, 4.69) is 10.6 Å². The van der Waals surface area contributed by atoms with Crippen LogP contribution in [0.3, 0.4) is 0 Å². The topological polar surface area (TPSA) is 85.2 Å². The lowest BCUT2D eigenvalue weighted by molar-refractivity contribution is 0.212. The van der Waals surface area contributed by atoms with Crippen molar-refractivity contribution < 1.29 is 9.90 Å². The molecule has 1 aromatic rings. The highest BCUT2D eigenvalue weighted by Crippen LogP contribution is 2.12. The van der Waals surface area contributed by atoms with E-state index in [1.807, 2.05) is 32.0 Å². The van der Waals surface area contributed by atoms with Crippen molar-refractivity contribution in [1.82, 2.24) is 10.6 Å². The van der Waals surface area contributed by atoms with Gasteiger partial charge in [-0.3, -0.25) is 0 Å². The van der Waals surface area contributed by atoms with Crippen LogP contribution in [-0.2, 0) is 0 Å². The van der Waals surface area contributed by atoms with Crippen LogP contribution in [0.2, 0.25) is 0 Å². The minimum atomic E-state index is -0.308. The van der Waals surface area contributed by atoms with Crippen molar-refractivity contribution >= 4 is 6.03 Å². The molecule has 0 heterocycles. The highest BCUT2D eigenvalue weighted by molar-refractivity contribution is 5.74. The molecule has 0 saturated carbocycles. The molecule has 1 rings (SSSR count). The number of rotatable bonds is 5. The van der Waals surface area contributed by atoms with Gasteiger partial charge < -0.3 is 15.7 Å². The number of nitriles is 1. The molecule has 0 aliphatic rings. The van der Waals surface area contributed by atoms with Crippen molar-refractivity contribution in [3.8, 4) is 6.07 Å². The summed E-state index contributed by atoms with van der Waals surface area (Å²) in [5.41, 5.74) is 1.51. The Labute approximate surface area is 113 Å². The van der Waals surface area contributed by atoms with Gasteiger partial charge in [0, 0.05) is 0 Å². The molecule has 5 heteroatoms. The van der Waals surface area contributed by atoms with E-state index >= 15 is 0 Å². The van der Waals surface area contributed by atoms with Crippen molar-refractivity contribution in [3.63, 3.8) is 0 Å². The van der Waals surface area contributed by atoms with E-state index in [1.54, 1.807) is 12.1 Å². The highest BCUT2D eigenvalue weighted by atomic mass is 16.3. The number of nitrogens with one attached hydrogen (secondary N) is 2. The van der Waals surface area contributed by atoms with E-state index in [0.717, 1.165) is 5.56 Å². The minimum absolute atomic E-state index is 0.0742. The average Bonchev–Trinajstić information content (AvgIpc) is 2.44. The summed E-state index contributed by atoms with van der Waals surface area (Å²) in [6.45, 7) is 3.68. The van der Waals surface area contributed by atoms with Crippen molar-refractivity contribution in [2.45, 2.75) is 32.4 Å². The van der Waals surface area contributed by atoms with Gasteiger partial charge in [0.15, 0.2) is 0 Å². The molecule has 0 bridgehead atoms. The minimum Gasteiger partial charge on any atom is -0.394 e. The first kappa shape index (κ1) is 15.0. The molecule has 0 fully saturated rings. The van der Waals surface area contributed by atoms with Gasteiger partial charge in [-0.1, -0.05) is 19.1 Å². The summed E-state index contributed by atoms with van der Waals surface area (Å²) in [5, 5.41) is 23.2. The molecule has 0 radical (unpaired) electrons. The van der Waals surface area contributed by atoms with Crippen LogP contribution in [0, 0.1) is 11.3 Å². The lowest BCUT2D eigenvalue weighted by Gasteiger charge is -2.18. The number of amides is 2. The Kier molecular flexibility index (Phi) is 5.83. The van der Waals surface area contributed by atoms with E-state index in [9.17, 15) is 4.79 Å². The number of carbonyl (C=O) groups excluding carboxylic acids is 1. The molecule has 19 heavy (non-hydrogen) atoms. The monoisotopic (exact) mass is 261 g/mol. The highest BCUT2D eigenvalue weighted by Gasteiger charge is 2.12. The number of urea groups is 1. The van der Waals surface area contributed by atoms with E-state index in [-0.39, 0.29) is 24.7 Å². The van der Waals surface area contributed by atoms with Crippen LogP contribution in [0.15, 0.2) is 24.3 Å². The smallest absolute Gasteiger partial charge is 0.315 e. The second kappa shape index (κ2) is 7.39. The SMILES string of the molecule is CC[C@@H](CO)NC(=O)N[C@H](C)c1ccc(C#N)cc1. The van der Waals surface area contributed by atoms with E-state index < -0.39 is 0 Å².